The average Bonchev–Trinajstić information content (AvgIpc) is 3.22. The van der Waals surface area contributed by atoms with Gasteiger partial charge in [0.2, 0.25) is 5.89 Å². The minimum absolute atomic E-state index is 0.0211. The fraction of sp³-hybridized carbons (Fsp3) is 0.176. The van der Waals surface area contributed by atoms with E-state index >= 15 is 0 Å². The number of aryl methyl sites for hydroxylation is 1. The van der Waals surface area contributed by atoms with Crippen molar-refractivity contribution in [3.63, 3.8) is 0 Å². The van der Waals surface area contributed by atoms with E-state index in [1.54, 1.807) is 29.4 Å². The third kappa shape index (κ3) is 2.81. The maximum atomic E-state index is 5.28. The molecule has 1 atom stereocenters. The first-order valence-electron chi connectivity index (χ1n) is 7.47. The number of fused-ring (bicyclic) bond motifs is 1. The van der Waals surface area contributed by atoms with Gasteiger partial charge in [-0.25, -0.2) is 9.97 Å². The number of nitrogens with zero attached hydrogens (tertiary/aromatic N) is 4. The summed E-state index contributed by atoms with van der Waals surface area (Å²) in [6.45, 7) is 3.86. The molecule has 0 bridgehead atoms. The van der Waals surface area contributed by atoms with Crippen molar-refractivity contribution in [1.82, 2.24) is 20.1 Å². The van der Waals surface area contributed by atoms with E-state index in [0.29, 0.717) is 11.7 Å². The molecule has 1 aromatic carbocycles. The molecular weight excluding hydrogens is 340 g/mol. The molecule has 120 valence electrons. The lowest BCUT2D eigenvalue weighted by atomic mass is 10.1. The molecule has 0 aliphatic carbocycles. The molecule has 0 saturated heterocycles. The number of hydrogen-bond acceptors (Lipinski definition) is 7. The highest BCUT2D eigenvalue weighted by Crippen LogP contribution is 2.41. The Balaban J connectivity index is 1.77. The van der Waals surface area contributed by atoms with Gasteiger partial charge in [-0.1, -0.05) is 47.3 Å². The normalized spacial score (nSPS) is 12.6. The van der Waals surface area contributed by atoms with Gasteiger partial charge in [0.25, 0.3) is 0 Å². The van der Waals surface area contributed by atoms with Crippen LogP contribution in [-0.4, -0.2) is 20.1 Å². The summed E-state index contributed by atoms with van der Waals surface area (Å²) in [7, 11) is 0. The molecule has 0 amide bonds. The Kier molecular flexibility index (Phi) is 4.03. The van der Waals surface area contributed by atoms with Crippen LogP contribution in [0, 0.1) is 6.92 Å². The second-order valence-corrected chi connectivity index (χ2v) is 7.50. The van der Waals surface area contributed by atoms with E-state index in [1.165, 1.54) is 5.56 Å². The monoisotopic (exact) mass is 354 g/mol. The third-order valence-electron chi connectivity index (χ3n) is 3.60. The highest BCUT2D eigenvalue weighted by atomic mass is 32.2. The van der Waals surface area contributed by atoms with Gasteiger partial charge in [0.15, 0.2) is 5.82 Å². The summed E-state index contributed by atoms with van der Waals surface area (Å²) in [4.78, 5) is 14.2. The minimum Gasteiger partial charge on any atom is -0.338 e. The molecule has 0 spiro atoms. The van der Waals surface area contributed by atoms with Crippen LogP contribution in [0.5, 0.6) is 0 Å². The lowest BCUT2D eigenvalue weighted by Gasteiger charge is -2.08. The van der Waals surface area contributed by atoms with Crippen LogP contribution in [0.1, 0.15) is 23.9 Å². The van der Waals surface area contributed by atoms with E-state index < -0.39 is 0 Å². The zero-order chi connectivity index (χ0) is 16.5. The Labute approximate surface area is 147 Å². The van der Waals surface area contributed by atoms with E-state index in [1.807, 2.05) is 32.0 Å². The summed E-state index contributed by atoms with van der Waals surface area (Å²) >= 11 is 3.25. The lowest BCUT2D eigenvalue weighted by molar-refractivity contribution is 0.376. The third-order valence-corrected chi connectivity index (χ3v) is 5.57. The van der Waals surface area contributed by atoms with Crippen LogP contribution in [0.3, 0.4) is 0 Å². The molecule has 3 heterocycles. The van der Waals surface area contributed by atoms with Crippen molar-refractivity contribution < 1.29 is 4.52 Å². The van der Waals surface area contributed by atoms with Gasteiger partial charge < -0.3 is 4.52 Å². The van der Waals surface area contributed by atoms with Gasteiger partial charge in [-0.15, -0.1) is 11.3 Å². The smallest absolute Gasteiger partial charge is 0.239 e. The summed E-state index contributed by atoms with van der Waals surface area (Å²) in [6, 6.07) is 10.3. The van der Waals surface area contributed by atoms with Crippen LogP contribution in [0.4, 0.5) is 0 Å². The van der Waals surface area contributed by atoms with Crippen LogP contribution < -0.4 is 0 Å². The van der Waals surface area contributed by atoms with E-state index in [9.17, 15) is 0 Å². The number of thiophene rings is 1. The molecule has 0 aliphatic heterocycles. The van der Waals surface area contributed by atoms with Crippen molar-refractivity contribution >= 4 is 33.3 Å². The van der Waals surface area contributed by atoms with Gasteiger partial charge in [-0.3, -0.25) is 0 Å². The van der Waals surface area contributed by atoms with Gasteiger partial charge in [0.05, 0.1) is 10.6 Å². The van der Waals surface area contributed by atoms with E-state index in [4.69, 9.17) is 4.52 Å². The van der Waals surface area contributed by atoms with Gasteiger partial charge in [0.1, 0.15) is 16.2 Å². The zero-order valence-corrected chi connectivity index (χ0v) is 14.8. The topological polar surface area (TPSA) is 64.7 Å². The number of rotatable bonds is 4. The molecular formula is C17H14N4OS2. The van der Waals surface area contributed by atoms with Crippen LogP contribution >= 0.6 is 23.1 Å². The molecule has 4 aromatic rings. The van der Waals surface area contributed by atoms with E-state index in [0.717, 1.165) is 20.8 Å². The minimum atomic E-state index is 0.0211. The van der Waals surface area contributed by atoms with Gasteiger partial charge in [0, 0.05) is 10.9 Å². The Hall–Kier alpha value is -2.25. The zero-order valence-electron chi connectivity index (χ0n) is 13.1. The van der Waals surface area contributed by atoms with Crippen LogP contribution in [0.2, 0.25) is 0 Å². The largest absolute Gasteiger partial charge is 0.338 e. The van der Waals surface area contributed by atoms with Gasteiger partial charge >= 0.3 is 0 Å². The van der Waals surface area contributed by atoms with Crippen molar-refractivity contribution in [2.75, 3.05) is 0 Å². The van der Waals surface area contributed by atoms with Crippen molar-refractivity contribution in [2.24, 2.45) is 0 Å². The Morgan fingerprint density at radius 2 is 2.00 bits per heavy atom. The average molecular weight is 354 g/mol. The molecule has 0 N–H and O–H groups in total. The molecule has 24 heavy (non-hydrogen) atoms. The van der Waals surface area contributed by atoms with Crippen molar-refractivity contribution in [2.45, 2.75) is 24.1 Å². The number of aromatic nitrogens is 4. The molecule has 4 rings (SSSR count). The highest BCUT2D eigenvalue weighted by Gasteiger charge is 2.19. The second-order valence-electron chi connectivity index (χ2n) is 5.31. The first kappa shape index (κ1) is 15.3. The molecule has 0 unspecified atom stereocenters. The Morgan fingerprint density at radius 1 is 1.17 bits per heavy atom. The summed E-state index contributed by atoms with van der Waals surface area (Å²) in [6.07, 6.45) is 1.61. The molecule has 5 nitrogen and oxygen atoms in total. The second kappa shape index (κ2) is 6.33. The summed E-state index contributed by atoms with van der Waals surface area (Å²) in [5.74, 6) is 1.26. The van der Waals surface area contributed by atoms with Crippen molar-refractivity contribution in [1.29, 1.82) is 0 Å². The molecule has 3 aromatic heterocycles. The van der Waals surface area contributed by atoms with Crippen molar-refractivity contribution in [3.8, 4) is 11.1 Å². The first-order chi connectivity index (χ1) is 11.7. The first-order valence-corrected chi connectivity index (χ1v) is 9.23. The standard InChI is InChI=1S/C17H14N4OS2/c1-10(15-20-11(2)21-22-15)24-17-14-13(12-6-4-3-5-7-12)8-23-16(14)18-9-19-17/h3-10H,1-2H3/t10-/m1/s1. The Morgan fingerprint density at radius 3 is 2.75 bits per heavy atom. The van der Waals surface area contributed by atoms with Gasteiger partial charge in [-0.05, 0) is 19.4 Å². The maximum Gasteiger partial charge on any atom is 0.239 e. The fourth-order valence-corrected chi connectivity index (χ4v) is 4.41. The van der Waals surface area contributed by atoms with Gasteiger partial charge in [-0.2, -0.15) is 4.98 Å². The van der Waals surface area contributed by atoms with Crippen LogP contribution in [0.15, 0.2) is 51.6 Å². The number of hydrogen-bond donors (Lipinski definition) is 0. The van der Waals surface area contributed by atoms with Crippen LogP contribution in [0.25, 0.3) is 21.3 Å². The quantitative estimate of drug-likeness (QED) is 0.383. The SMILES string of the molecule is Cc1noc([C@@H](C)Sc2ncnc3scc(-c4ccccc4)c23)n1. The summed E-state index contributed by atoms with van der Waals surface area (Å²) in [5, 5.41) is 8.05. The Bertz CT molecular complexity index is 981. The fourth-order valence-electron chi connectivity index (χ4n) is 2.46. The van der Waals surface area contributed by atoms with E-state index in [-0.39, 0.29) is 5.25 Å². The summed E-state index contributed by atoms with van der Waals surface area (Å²) in [5.41, 5.74) is 2.33. The maximum absolute atomic E-state index is 5.28. The lowest BCUT2D eigenvalue weighted by Crippen LogP contribution is -1.92. The number of thioether (sulfide) groups is 1. The predicted octanol–water partition coefficient (Wildman–Crippen LogP) is 4.90. The summed E-state index contributed by atoms with van der Waals surface area (Å²) < 4.78 is 5.28. The van der Waals surface area contributed by atoms with Crippen molar-refractivity contribution in [3.05, 3.63) is 53.8 Å². The molecule has 7 heteroatoms. The highest BCUT2D eigenvalue weighted by molar-refractivity contribution is 7.99. The van der Waals surface area contributed by atoms with Crippen LogP contribution in [-0.2, 0) is 0 Å². The molecule has 0 radical (unpaired) electrons. The molecule has 0 fully saturated rings. The molecule has 0 aliphatic rings. The predicted molar refractivity (Wildman–Crippen MR) is 96.2 cm³/mol. The van der Waals surface area contributed by atoms with E-state index in [2.05, 4.69) is 37.6 Å². The number of benzene rings is 1. The molecule has 0 saturated carbocycles.